The minimum Gasteiger partial charge on any atom is -0.482 e. The van der Waals surface area contributed by atoms with E-state index in [9.17, 15) is 19.2 Å². The number of carbonyl (C=O) groups is 4. The second-order valence-corrected chi connectivity index (χ2v) is 10.8. The molecule has 10 nitrogen and oxygen atoms in total. The van der Waals surface area contributed by atoms with Crippen molar-refractivity contribution in [3.05, 3.63) is 120 Å². The fourth-order valence-corrected chi connectivity index (χ4v) is 4.84. The monoisotopic (exact) mass is 622 g/mol. The van der Waals surface area contributed by atoms with Crippen LogP contribution in [0.3, 0.4) is 0 Å². The van der Waals surface area contributed by atoms with Crippen molar-refractivity contribution in [2.24, 2.45) is 0 Å². The van der Waals surface area contributed by atoms with E-state index in [1.807, 2.05) is 60.7 Å². The van der Waals surface area contributed by atoms with E-state index in [-0.39, 0.29) is 37.3 Å². The van der Waals surface area contributed by atoms with Crippen LogP contribution in [-0.2, 0) is 20.8 Å². The van der Waals surface area contributed by atoms with E-state index < -0.39 is 12.0 Å². The lowest BCUT2D eigenvalue weighted by molar-refractivity contribution is -0.136. The minimum atomic E-state index is -0.981. The molecule has 4 amide bonds. The quantitative estimate of drug-likeness (QED) is 0.165. The highest BCUT2D eigenvalue weighted by atomic mass is 16.5. The van der Waals surface area contributed by atoms with Gasteiger partial charge in [-0.2, -0.15) is 0 Å². The van der Waals surface area contributed by atoms with E-state index in [0.29, 0.717) is 35.7 Å². The number of carbonyl (C=O) groups excluding carboxylic acids is 3. The normalized spacial score (nSPS) is 11.2. The van der Waals surface area contributed by atoms with Gasteiger partial charge in [0.2, 0.25) is 5.91 Å². The van der Waals surface area contributed by atoms with Crippen molar-refractivity contribution in [1.29, 1.82) is 0 Å². The summed E-state index contributed by atoms with van der Waals surface area (Å²) in [6.45, 7) is 1.85. The second-order valence-electron chi connectivity index (χ2n) is 10.8. The first kappa shape index (κ1) is 33.3. The number of carboxylic acid groups (broad SMARTS) is 1. The van der Waals surface area contributed by atoms with Crippen LogP contribution in [0.1, 0.15) is 30.4 Å². The molecule has 46 heavy (non-hydrogen) atoms. The van der Waals surface area contributed by atoms with Gasteiger partial charge < -0.3 is 30.3 Å². The van der Waals surface area contributed by atoms with Gasteiger partial charge in [0.25, 0.3) is 5.91 Å². The minimum absolute atomic E-state index is 0.139. The molecule has 0 heterocycles. The van der Waals surface area contributed by atoms with Crippen molar-refractivity contribution >= 4 is 40.9 Å². The molecule has 0 saturated carbocycles. The first-order valence-electron chi connectivity index (χ1n) is 15.0. The van der Waals surface area contributed by atoms with Crippen molar-refractivity contribution < 1.29 is 29.0 Å². The number of nitrogens with one attached hydrogen (secondary N) is 2. The van der Waals surface area contributed by atoms with Crippen molar-refractivity contribution in [3.63, 3.8) is 0 Å². The topological polar surface area (TPSA) is 128 Å². The lowest BCUT2D eigenvalue weighted by Gasteiger charge is -2.27. The highest BCUT2D eigenvalue weighted by Crippen LogP contribution is 2.30. The number of benzene rings is 4. The predicted octanol–water partition coefficient (Wildman–Crippen LogP) is 5.70. The lowest BCUT2D eigenvalue weighted by atomic mass is 9.97. The van der Waals surface area contributed by atoms with Crippen LogP contribution < -0.4 is 25.2 Å². The molecular weight excluding hydrogens is 584 g/mol. The summed E-state index contributed by atoms with van der Waals surface area (Å²) in [4.78, 5) is 53.5. The van der Waals surface area contributed by atoms with E-state index in [1.54, 1.807) is 60.5 Å². The Morgan fingerprint density at radius 2 is 1.50 bits per heavy atom. The van der Waals surface area contributed by atoms with Gasteiger partial charge >= 0.3 is 12.0 Å². The molecule has 0 aliphatic heterocycles. The molecule has 0 radical (unpaired) electrons. The summed E-state index contributed by atoms with van der Waals surface area (Å²) >= 11 is 0. The SMILES string of the molecule is CC(CCN(C(=O)CNC(=O)Nc1cccc(CC(=O)O)c1)c1ccccc1OCC(=O)N(C)c1ccccc1)c1ccccc1. The molecule has 1 unspecified atom stereocenters. The summed E-state index contributed by atoms with van der Waals surface area (Å²) in [7, 11) is 1.67. The largest absolute Gasteiger partial charge is 0.482 e. The number of likely N-dealkylation sites (N-methyl/N-ethyl adjacent to an activating group) is 1. The molecule has 238 valence electrons. The molecule has 0 bridgehead atoms. The zero-order valence-corrected chi connectivity index (χ0v) is 25.9. The Bertz CT molecular complexity index is 1630. The van der Waals surface area contributed by atoms with Gasteiger partial charge in [-0.3, -0.25) is 14.4 Å². The number of nitrogens with zero attached hydrogens (tertiary/aromatic N) is 2. The Hall–Kier alpha value is -5.64. The van der Waals surface area contributed by atoms with Gasteiger partial charge in [0.15, 0.2) is 6.61 Å². The number of carboxylic acids is 1. The lowest BCUT2D eigenvalue weighted by Crippen LogP contribution is -2.42. The van der Waals surface area contributed by atoms with Crippen LogP contribution in [-0.4, -0.2) is 55.7 Å². The van der Waals surface area contributed by atoms with Gasteiger partial charge in [0.1, 0.15) is 5.75 Å². The summed E-state index contributed by atoms with van der Waals surface area (Å²) in [6.07, 6.45) is 0.448. The van der Waals surface area contributed by atoms with Crippen molar-refractivity contribution in [2.45, 2.75) is 25.7 Å². The van der Waals surface area contributed by atoms with Crippen molar-refractivity contribution in [3.8, 4) is 5.75 Å². The number of amides is 4. The number of anilines is 3. The van der Waals surface area contributed by atoms with Crippen molar-refractivity contribution in [2.75, 3.05) is 41.9 Å². The molecule has 10 heteroatoms. The molecule has 4 aromatic carbocycles. The number of aliphatic carboxylic acids is 1. The summed E-state index contributed by atoms with van der Waals surface area (Å²) in [5, 5.41) is 14.3. The first-order valence-corrected chi connectivity index (χ1v) is 15.0. The summed E-state index contributed by atoms with van der Waals surface area (Å²) in [6, 6.07) is 32.1. The fourth-order valence-electron chi connectivity index (χ4n) is 4.84. The number of para-hydroxylation sites is 3. The Morgan fingerprint density at radius 3 is 2.22 bits per heavy atom. The Morgan fingerprint density at radius 1 is 0.826 bits per heavy atom. The molecule has 4 aromatic rings. The molecule has 0 spiro atoms. The third kappa shape index (κ3) is 9.68. The smallest absolute Gasteiger partial charge is 0.319 e. The van der Waals surface area contributed by atoms with Gasteiger partial charge in [-0.25, -0.2) is 4.79 Å². The molecule has 0 aromatic heterocycles. The highest BCUT2D eigenvalue weighted by Gasteiger charge is 2.22. The van der Waals surface area contributed by atoms with E-state index >= 15 is 0 Å². The average Bonchev–Trinajstić information content (AvgIpc) is 3.07. The number of urea groups is 1. The molecule has 4 rings (SSSR count). The number of ether oxygens (including phenoxy) is 1. The van der Waals surface area contributed by atoms with Gasteiger partial charge in [-0.1, -0.05) is 79.7 Å². The third-order valence-corrected chi connectivity index (χ3v) is 7.42. The predicted molar refractivity (Wildman–Crippen MR) is 178 cm³/mol. The zero-order valence-electron chi connectivity index (χ0n) is 25.9. The molecule has 0 aliphatic rings. The second kappa shape index (κ2) is 16.4. The standard InChI is InChI=1S/C36H38N4O6/c1-26(28-13-5-3-6-14-28)20-21-40(33(41)24-37-36(45)38-29-15-11-12-27(22-29)23-35(43)44)31-18-9-10-19-32(31)46-25-34(42)39(2)30-16-7-4-8-17-30/h3-19,22,26H,20-21,23-25H2,1-2H3,(H,43,44)(H2,37,38,45). The van der Waals surface area contributed by atoms with Crippen LogP contribution in [0.25, 0.3) is 0 Å². The zero-order chi connectivity index (χ0) is 32.9. The van der Waals surface area contributed by atoms with Crippen LogP contribution in [0.4, 0.5) is 21.9 Å². The Labute approximate surface area is 268 Å². The molecule has 0 fully saturated rings. The fraction of sp³-hybridized carbons (Fsp3) is 0.222. The van der Waals surface area contributed by atoms with Crippen LogP contribution in [0, 0.1) is 0 Å². The number of hydrogen-bond acceptors (Lipinski definition) is 5. The maximum Gasteiger partial charge on any atom is 0.319 e. The van der Waals surface area contributed by atoms with Crippen molar-refractivity contribution in [1.82, 2.24) is 5.32 Å². The summed E-state index contributed by atoms with van der Waals surface area (Å²) < 4.78 is 5.98. The van der Waals surface area contributed by atoms with Crippen LogP contribution in [0.2, 0.25) is 0 Å². The van der Waals surface area contributed by atoms with E-state index in [1.165, 1.54) is 4.90 Å². The van der Waals surface area contributed by atoms with Crippen LogP contribution >= 0.6 is 0 Å². The van der Waals surface area contributed by atoms with Gasteiger partial charge in [-0.05, 0) is 59.9 Å². The molecule has 0 saturated heterocycles. The van der Waals surface area contributed by atoms with Gasteiger partial charge in [0.05, 0.1) is 18.7 Å². The van der Waals surface area contributed by atoms with Gasteiger partial charge in [0, 0.05) is 25.0 Å². The summed E-state index contributed by atoms with van der Waals surface area (Å²) in [5.74, 6) is -1.12. The average molecular weight is 623 g/mol. The molecular formula is C36H38N4O6. The van der Waals surface area contributed by atoms with E-state index in [0.717, 1.165) is 11.3 Å². The first-order chi connectivity index (χ1) is 22.2. The maximum atomic E-state index is 13.7. The van der Waals surface area contributed by atoms with E-state index in [2.05, 4.69) is 17.6 Å². The van der Waals surface area contributed by atoms with E-state index in [4.69, 9.17) is 9.84 Å². The third-order valence-electron chi connectivity index (χ3n) is 7.42. The number of hydrogen-bond donors (Lipinski definition) is 3. The summed E-state index contributed by atoms with van der Waals surface area (Å²) in [5.41, 5.74) is 3.28. The molecule has 0 aliphatic carbocycles. The maximum absolute atomic E-state index is 13.7. The highest BCUT2D eigenvalue weighted by molar-refractivity contribution is 5.99. The molecule has 3 N–H and O–H groups in total. The van der Waals surface area contributed by atoms with Crippen LogP contribution in [0.5, 0.6) is 5.75 Å². The molecule has 1 atom stereocenters. The number of rotatable bonds is 14. The Kier molecular flexibility index (Phi) is 11.9. The van der Waals surface area contributed by atoms with Crippen LogP contribution in [0.15, 0.2) is 109 Å². The Balaban J connectivity index is 1.47. The van der Waals surface area contributed by atoms with Gasteiger partial charge in [-0.15, -0.1) is 0 Å².